The summed E-state index contributed by atoms with van der Waals surface area (Å²) >= 11 is 5.88. The molecular formula is C14H22ClN3O2. The van der Waals surface area contributed by atoms with Crippen molar-refractivity contribution in [2.24, 2.45) is 5.92 Å². The van der Waals surface area contributed by atoms with Gasteiger partial charge in [0.1, 0.15) is 6.10 Å². The molecule has 2 atom stereocenters. The lowest BCUT2D eigenvalue weighted by molar-refractivity contribution is 0.109. The summed E-state index contributed by atoms with van der Waals surface area (Å²) in [6.07, 6.45) is 6.85. The Morgan fingerprint density at radius 3 is 2.70 bits per heavy atom. The minimum Gasteiger partial charge on any atom is -0.463 e. The first kappa shape index (κ1) is 15.3. The van der Waals surface area contributed by atoms with Crippen LogP contribution in [0.3, 0.4) is 0 Å². The zero-order valence-electron chi connectivity index (χ0n) is 12.1. The van der Waals surface area contributed by atoms with Gasteiger partial charge in [0.05, 0.1) is 6.61 Å². The second kappa shape index (κ2) is 7.62. The van der Waals surface area contributed by atoms with Gasteiger partial charge in [0, 0.05) is 0 Å². The zero-order chi connectivity index (χ0) is 14.4. The van der Waals surface area contributed by atoms with Crippen LogP contribution in [-0.4, -0.2) is 27.7 Å². The smallest absolute Gasteiger partial charge is 0.324 e. The highest BCUT2D eigenvalue weighted by Gasteiger charge is 2.23. The lowest BCUT2D eigenvalue weighted by Crippen LogP contribution is -2.26. The van der Waals surface area contributed by atoms with E-state index in [9.17, 15) is 0 Å². The van der Waals surface area contributed by atoms with E-state index >= 15 is 0 Å². The molecule has 0 radical (unpaired) electrons. The van der Waals surface area contributed by atoms with Gasteiger partial charge < -0.3 is 9.47 Å². The maximum absolute atomic E-state index is 5.88. The van der Waals surface area contributed by atoms with Crippen molar-refractivity contribution in [2.75, 3.05) is 6.61 Å². The van der Waals surface area contributed by atoms with Gasteiger partial charge in [0.15, 0.2) is 0 Å². The van der Waals surface area contributed by atoms with E-state index in [4.69, 9.17) is 21.1 Å². The molecule has 1 aliphatic carbocycles. The highest BCUT2D eigenvalue weighted by molar-refractivity contribution is 6.28. The largest absolute Gasteiger partial charge is 0.463 e. The van der Waals surface area contributed by atoms with Gasteiger partial charge in [-0.3, -0.25) is 0 Å². The Labute approximate surface area is 125 Å². The average molecular weight is 300 g/mol. The monoisotopic (exact) mass is 299 g/mol. The molecule has 1 aliphatic rings. The molecule has 5 nitrogen and oxygen atoms in total. The van der Waals surface area contributed by atoms with E-state index in [1.807, 2.05) is 6.92 Å². The van der Waals surface area contributed by atoms with Gasteiger partial charge >= 0.3 is 12.0 Å². The van der Waals surface area contributed by atoms with Crippen molar-refractivity contribution >= 4 is 11.6 Å². The molecule has 112 valence electrons. The van der Waals surface area contributed by atoms with Crippen LogP contribution in [0.25, 0.3) is 0 Å². The lowest BCUT2D eigenvalue weighted by Gasteiger charge is -2.28. The summed E-state index contributed by atoms with van der Waals surface area (Å²) in [4.78, 5) is 12.1. The van der Waals surface area contributed by atoms with Crippen LogP contribution in [0.1, 0.15) is 52.4 Å². The highest BCUT2D eigenvalue weighted by Crippen LogP contribution is 2.29. The molecule has 0 bridgehead atoms. The SMILES string of the molecule is CCCOc1nc(Cl)nc(OC2CCCC(CC)C2)n1. The van der Waals surface area contributed by atoms with Crippen molar-refractivity contribution in [3.05, 3.63) is 5.28 Å². The van der Waals surface area contributed by atoms with Crippen molar-refractivity contribution in [1.82, 2.24) is 15.0 Å². The van der Waals surface area contributed by atoms with Gasteiger partial charge in [-0.25, -0.2) is 0 Å². The summed E-state index contributed by atoms with van der Waals surface area (Å²) in [6, 6.07) is 0.516. The molecule has 1 saturated carbocycles. The Morgan fingerprint density at radius 2 is 1.95 bits per heavy atom. The maximum Gasteiger partial charge on any atom is 0.324 e. The zero-order valence-corrected chi connectivity index (χ0v) is 12.9. The molecule has 20 heavy (non-hydrogen) atoms. The van der Waals surface area contributed by atoms with Crippen molar-refractivity contribution in [2.45, 2.75) is 58.5 Å². The summed E-state index contributed by atoms with van der Waals surface area (Å²) in [5, 5.41) is 0.115. The van der Waals surface area contributed by atoms with Gasteiger partial charge in [0.2, 0.25) is 5.28 Å². The number of hydrogen-bond acceptors (Lipinski definition) is 5. The van der Waals surface area contributed by atoms with Crippen LogP contribution < -0.4 is 9.47 Å². The van der Waals surface area contributed by atoms with Crippen LogP contribution in [0.4, 0.5) is 0 Å². The normalized spacial score (nSPS) is 22.6. The maximum atomic E-state index is 5.88. The predicted molar refractivity (Wildman–Crippen MR) is 77.3 cm³/mol. The molecule has 6 heteroatoms. The Kier molecular flexibility index (Phi) is 5.83. The number of hydrogen-bond donors (Lipinski definition) is 0. The molecule has 0 saturated heterocycles. The molecule has 0 spiro atoms. The minimum absolute atomic E-state index is 0.115. The van der Waals surface area contributed by atoms with Gasteiger partial charge in [-0.05, 0) is 43.2 Å². The van der Waals surface area contributed by atoms with Crippen molar-refractivity contribution in [1.29, 1.82) is 0 Å². The van der Waals surface area contributed by atoms with E-state index in [1.165, 1.54) is 19.3 Å². The Balaban J connectivity index is 1.99. The summed E-state index contributed by atoms with van der Waals surface area (Å²) < 4.78 is 11.2. The molecule has 0 amide bonds. The first-order chi connectivity index (χ1) is 9.71. The average Bonchev–Trinajstić information content (AvgIpc) is 2.44. The molecular weight excluding hydrogens is 278 g/mol. The Bertz CT molecular complexity index is 431. The fourth-order valence-corrected chi connectivity index (χ4v) is 2.64. The second-order valence-corrected chi connectivity index (χ2v) is 5.54. The number of nitrogens with zero attached hydrogens (tertiary/aromatic N) is 3. The third kappa shape index (κ3) is 4.47. The molecule has 2 rings (SSSR count). The van der Waals surface area contributed by atoms with Gasteiger partial charge in [-0.1, -0.05) is 26.7 Å². The third-order valence-corrected chi connectivity index (χ3v) is 3.76. The van der Waals surface area contributed by atoms with Crippen LogP contribution in [0.15, 0.2) is 0 Å². The molecule has 1 fully saturated rings. The number of halogens is 1. The Morgan fingerprint density at radius 1 is 1.15 bits per heavy atom. The van der Waals surface area contributed by atoms with E-state index in [0.29, 0.717) is 6.61 Å². The molecule has 0 aliphatic heterocycles. The first-order valence-corrected chi connectivity index (χ1v) is 7.80. The minimum atomic E-state index is 0.115. The molecule has 0 N–H and O–H groups in total. The van der Waals surface area contributed by atoms with E-state index in [1.54, 1.807) is 0 Å². The summed E-state index contributed by atoms with van der Waals surface area (Å²) in [6.45, 7) is 4.80. The fourth-order valence-electron chi connectivity index (χ4n) is 2.49. The first-order valence-electron chi connectivity index (χ1n) is 7.42. The topological polar surface area (TPSA) is 57.1 Å². The molecule has 0 aromatic carbocycles. The van der Waals surface area contributed by atoms with Crippen molar-refractivity contribution in [3.63, 3.8) is 0 Å². The summed E-state index contributed by atoms with van der Waals surface area (Å²) in [7, 11) is 0. The lowest BCUT2D eigenvalue weighted by atomic mass is 9.86. The van der Waals surface area contributed by atoms with Crippen LogP contribution in [-0.2, 0) is 0 Å². The van der Waals surface area contributed by atoms with E-state index in [2.05, 4.69) is 21.9 Å². The third-order valence-electron chi connectivity index (χ3n) is 3.59. The van der Waals surface area contributed by atoms with Crippen LogP contribution >= 0.6 is 11.6 Å². The van der Waals surface area contributed by atoms with E-state index in [-0.39, 0.29) is 23.4 Å². The number of rotatable bonds is 6. The van der Waals surface area contributed by atoms with Crippen LogP contribution in [0, 0.1) is 5.92 Å². The quantitative estimate of drug-likeness (QED) is 0.802. The van der Waals surface area contributed by atoms with Crippen LogP contribution in [0.5, 0.6) is 12.0 Å². The summed E-state index contributed by atoms with van der Waals surface area (Å²) in [5.41, 5.74) is 0. The van der Waals surface area contributed by atoms with Gasteiger partial charge in [-0.15, -0.1) is 4.98 Å². The summed E-state index contributed by atoms with van der Waals surface area (Å²) in [5.74, 6) is 0.738. The second-order valence-electron chi connectivity index (χ2n) is 5.20. The fraction of sp³-hybridized carbons (Fsp3) is 0.786. The highest BCUT2D eigenvalue weighted by atomic mass is 35.5. The van der Waals surface area contributed by atoms with Gasteiger partial charge in [-0.2, -0.15) is 9.97 Å². The number of aromatic nitrogens is 3. The molecule has 1 aromatic rings. The van der Waals surface area contributed by atoms with Crippen molar-refractivity contribution in [3.8, 4) is 12.0 Å². The van der Waals surface area contributed by atoms with E-state index < -0.39 is 0 Å². The van der Waals surface area contributed by atoms with Gasteiger partial charge in [0.25, 0.3) is 0 Å². The molecule has 2 unspecified atom stereocenters. The molecule has 1 heterocycles. The number of ether oxygens (including phenoxy) is 2. The van der Waals surface area contributed by atoms with E-state index in [0.717, 1.165) is 25.2 Å². The van der Waals surface area contributed by atoms with Crippen LogP contribution in [0.2, 0.25) is 5.28 Å². The standard InChI is InChI=1S/C14H22ClN3O2/c1-3-8-19-13-16-12(15)17-14(18-13)20-11-7-5-6-10(4-2)9-11/h10-11H,3-9H2,1-2H3. The Hall–Kier alpha value is -1.10. The van der Waals surface area contributed by atoms with Crippen molar-refractivity contribution < 1.29 is 9.47 Å². The molecule has 1 aromatic heterocycles. The predicted octanol–water partition coefficient (Wildman–Crippen LogP) is 3.66.